The van der Waals surface area contributed by atoms with Crippen LogP contribution < -0.4 is 5.73 Å². The molecule has 2 unspecified atom stereocenters. The van der Waals surface area contributed by atoms with Crippen LogP contribution >= 0.6 is 0 Å². The Morgan fingerprint density at radius 2 is 2.28 bits per heavy atom. The number of aromatic nitrogens is 2. The zero-order chi connectivity index (χ0) is 13.3. The third-order valence-corrected chi connectivity index (χ3v) is 4.59. The molecule has 3 nitrogen and oxygen atoms in total. The van der Waals surface area contributed by atoms with Crippen LogP contribution in [0, 0.1) is 18.3 Å². The maximum atomic E-state index is 6.48. The molecule has 1 saturated carbocycles. The van der Waals surface area contributed by atoms with Gasteiger partial charge in [-0.15, -0.1) is 0 Å². The van der Waals surface area contributed by atoms with Crippen LogP contribution in [0.3, 0.4) is 0 Å². The summed E-state index contributed by atoms with van der Waals surface area (Å²) in [5.41, 5.74) is 9.28. The van der Waals surface area contributed by atoms with Crippen molar-refractivity contribution in [3.63, 3.8) is 0 Å². The first-order valence-corrected chi connectivity index (χ1v) is 7.23. The third-order valence-electron chi connectivity index (χ3n) is 4.59. The standard InChI is InChI=1S/C15H27N3/c1-5-18-12(9-11(2)17-18)10-14(16)13-7-6-8-15(13,3)4/h9,13-14H,5-8,10,16H2,1-4H3. The largest absolute Gasteiger partial charge is 0.327 e. The summed E-state index contributed by atoms with van der Waals surface area (Å²) in [6.07, 6.45) is 4.89. The topological polar surface area (TPSA) is 43.8 Å². The van der Waals surface area contributed by atoms with Gasteiger partial charge in [0.15, 0.2) is 0 Å². The van der Waals surface area contributed by atoms with E-state index in [0.29, 0.717) is 11.3 Å². The molecule has 2 N–H and O–H groups in total. The van der Waals surface area contributed by atoms with Crippen molar-refractivity contribution in [2.75, 3.05) is 0 Å². The molecular formula is C15H27N3. The van der Waals surface area contributed by atoms with Gasteiger partial charge in [0.1, 0.15) is 0 Å². The van der Waals surface area contributed by atoms with Crippen molar-refractivity contribution in [1.29, 1.82) is 0 Å². The normalized spacial score (nSPS) is 24.4. The molecule has 1 aliphatic carbocycles. The summed E-state index contributed by atoms with van der Waals surface area (Å²) in [5.74, 6) is 0.651. The molecule has 1 aromatic heterocycles. The minimum atomic E-state index is 0.267. The monoisotopic (exact) mass is 249 g/mol. The lowest BCUT2D eigenvalue weighted by molar-refractivity contribution is 0.218. The zero-order valence-electron chi connectivity index (χ0n) is 12.2. The highest BCUT2D eigenvalue weighted by Crippen LogP contribution is 2.44. The summed E-state index contributed by atoms with van der Waals surface area (Å²) in [5, 5.41) is 4.51. The van der Waals surface area contributed by atoms with E-state index < -0.39 is 0 Å². The molecule has 0 aliphatic heterocycles. The Labute approximate surface area is 111 Å². The Kier molecular flexibility index (Phi) is 3.81. The lowest BCUT2D eigenvalue weighted by Gasteiger charge is -2.32. The van der Waals surface area contributed by atoms with E-state index in [9.17, 15) is 0 Å². The molecule has 1 fully saturated rings. The van der Waals surface area contributed by atoms with Gasteiger partial charge in [0.2, 0.25) is 0 Å². The number of aryl methyl sites for hydroxylation is 2. The minimum absolute atomic E-state index is 0.267. The quantitative estimate of drug-likeness (QED) is 0.891. The molecule has 1 aromatic rings. The van der Waals surface area contributed by atoms with Gasteiger partial charge < -0.3 is 5.73 Å². The number of nitrogens with zero attached hydrogens (tertiary/aromatic N) is 2. The van der Waals surface area contributed by atoms with E-state index in [1.165, 1.54) is 25.0 Å². The molecule has 0 spiro atoms. The van der Waals surface area contributed by atoms with Gasteiger partial charge in [-0.05, 0) is 44.1 Å². The second-order valence-electron chi connectivity index (χ2n) is 6.45. The molecular weight excluding hydrogens is 222 g/mol. The van der Waals surface area contributed by atoms with E-state index in [-0.39, 0.29) is 6.04 Å². The number of nitrogens with two attached hydrogens (primary N) is 1. The molecule has 18 heavy (non-hydrogen) atoms. The van der Waals surface area contributed by atoms with Crippen molar-refractivity contribution in [2.45, 2.75) is 66.0 Å². The Hall–Kier alpha value is -0.830. The lowest BCUT2D eigenvalue weighted by Crippen LogP contribution is -2.38. The van der Waals surface area contributed by atoms with Crippen LogP contribution in [-0.4, -0.2) is 15.8 Å². The summed E-state index contributed by atoms with van der Waals surface area (Å²) < 4.78 is 2.09. The highest BCUT2D eigenvalue weighted by molar-refractivity contribution is 5.11. The van der Waals surface area contributed by atoms with Crippen molar-refractivity contribution in [3.05, 3.63) is 17.5 Å². The molecule has 2 rings (SSSR count). The SMILES string of the molecule is CCn1nc(C)cc1CC(N)C1CCCC1(C)C. The average Bonchev–Trinajstić information content (AvgIpc) is 2.80. The minimum Gasteiger partial charge on any atom is -0.327 e. The fourth-order valence-electron chi connectivity index (χ4n) is 3.57. The summed E-state index contributed by atoms with van der Waals surface area (Å²) >= 11 is 0. The van der Waals surface area contributed by atoms with Gasteiger partial charge in [-0.3, -0.25) is 4.68 Å². The predicted molar refractivity (Wildman–Crippen MR) is 75.4 cm³/mol. The maximum Gasteiger partial charge on any atom is 0.0596 e. The number of rotatable bonds is 4. The van der Waals surface area contributed by atoms with Crippen molar-refractivity contribution >= 4 is 0 Å². The molecule has 0 bridgehead atoms. The highest BCUT2D eigenvalue weighted by atomic mass is 15.3. The van der Waals surface area contributed by atoms with Gasteiger partial charge in [0, 0.05) is 24.7 Å². The maximum absolute atomic E-state index is 6.48. The van der Waals surface area contributed by atoms with Crippen LogP contribution in [-0.2, 0) is 13.0 Å². The first kappa shape index (κ1) is 13.6. The third kappa shape index (κ3) is 2.61. The average molecular weight is 249 g/mol. The van der Waals surface area contributed by atoms with Crippen molar-refractivity contribution < 1.29 is 0 Å². The molecule has 2 atom stereocenters. The van der Waals surface area contributed by atoms with E-state index >= 15 is 0 Å². The van der Waals surface area contributed by atoms with Crippen molar-refractivity contribution in [1.82, 2.24) is 9.78 Å². The first-order valence-electron chi connectivity index (χ1n) is 7.23. The predicted octanol–water partition coefficient (Wildman–Crippen LogP) is 2.91. The van der Waals surface area contributed by atoms with E-state index in [1.807, 2.05) is 0 Å². The Morgan fingerprint density at radius 3 is 2.83 bits per heavy atom. The van der Waals surface area contributed by atoms with Gasteiger partial charge in [0.25, 0.3) is 0 Å². The van der Waals surface area contributed by atoms with E-state index in [1.54, 1.807) is 0 Å². The van der Waals surface area contributed by atoms with Gasteiger partial charge in [-0.25, -0.2) is 0 Å². The van der Waals surface area contributed by atoms with E-state index in [0.717, 1.165) is 18.7 Å². The Bertz CT molecular complexity index is 406. The second kappa shape index (κ2) is 5.04. The van der Waals surface area contributed by atoms with Crippen LogP contribution in [0.1, 0.15) is 51.4 Å². The van der Waals surface area contributed by atoms with Gasteiger partial charge >= 0.3 is 0 Å². The summed E-state index contributed by atoms with van der Waals surface area (Å²) in [4.78, 5) is 0. The molecule has 0 saturated heterocycles. The van der Waals surface area contributed by atoms with Crippen molar-refractivity contribution in [3.8, 4) is 0 Å². The smallest absolute Gasteiger partial charge is 0.0596 e. The molecule has 0 amide bonds. The highest BCUT2D eigenvalue weighted by Gasteiger charge is 2.38. The van der Waals surface area contributed by atoms with Gasteiger partial charge in [0.05, 0.1) is 5.69 Å². The number of hydrogen-bond donors (Lipinski definition) is 1. The number of hydrogen-bond acceptors (Lipinski definition) is 2. The lowest BCUT2D eigenvalue weighted by atomic mass is 9.76. The second-order valence-corrected chi connectivity index (χ2v) is 6.45. The Balaban J connectivity index is 2.09. The van der Waals surface area contributed by atoms with E-state index in [2.05, 4.69) is 43.5 Å². The first-order chi connectivity index (χ1) is 8.44. The van der Waals surface area contributed by atoms with Crippen LogP contribution in [0.15, 0.2) is 6.07 Å². The van der Waals surface area contributed by atoms with E-state index in [4.69, 9.17) is 5.73 Å². The van der Waals surface area contributed by atoms with Crippen LogP contribution in [0.2, 0.25) is 0 Å². The molecule has 102 valence electrons. The summed E-state index contributed by atoms with van der Waals surface area (Å²) in [7, 11) is 0. The molecule has 1 heterocycles. The molecule has 0 aromatic carbocycles. The summed E-state index contributed by atoms with van der Waals surface area (Å²) in [6.45, 7) is 9.87. The zero-order valence-corrected chi connectivity index (χ0v) is 12.2. The van der Waals surface area contributed by atoms with Crippen LogP contribution in [0.25, 0.3) is 0 Å². The van der Waals surface area contributed by atoms with Gasteiger partial charge in [-0.1, -0.05) is 20.3 Å². The molecule has 3 heteroatoms. The fourth-order valence-corrected chi connectivity index (χ4v) is 3.57. The van der Waals surface area contributed by atoms with Crippen LogP contribution in [0.5, 0.6) is 0 Å². The fraction of sp³-hybridized carbons (Fsp3) is 0.800. The summed E-state index contributed by atoms with van der Waals surface area (Å²) in [6, 6.07) is 2.45. The van der Waals surface area contributed by atoms with Crippen molar-refractivity contribution in [2.24, 2.45) is 17.1 Å². The molecule has 0 radical (unpaired) electrons. The van der Waals surface area contributed by atoms with Gasteiger partial charge in [-0.2, -0.15) is 5.10 Å². The molecule has 1 aliphatic rings. The van der Waals surface area contributed by atoms with Crippen LogP contribution in [0.4, 0.5) is 0 Å². The Morgan fingerprint density at radius 1 is 1.56 bits per heavy atom.